The maximum atomic E-state index is 12.3. The molecule has 0 spiro atoms. The summed E-state index contributed by atoms with van der Waals surface area (Å²) in [6, 6.07) is 0. The lowest BCUT2D eigenvalue weighted by Gasteiger charge is -2.13. The highest BCUT2D eigenvalue weighted by atomic mass is 19.4. The lowest BCUT2D eigenvalue weighted by Crippen LogP contribution is -2.26. The number of hydrogen-bond acceptors (Lipinski definition) is 2. The third kappa shape index (κ3) is 3.23. The van der Waals surface area contributed by atoms with Gasteiger partial charge in [0.2, 0.25) is 5.96 Å². The van der Waals surface area contributed by atoms with Crippen LogP contribution in [0.25, 0.3) is 0 Å². The Bertz CT molecular complexity index is 250. The quantitative estimate of drug-likeness (QED) is 0.409. The second kappa shape index (κ2) is 3.85. The first-order valence-electron chi connectivity index (χ1n) is 4.10. The fourth-order valence-corrected chi connectivity index (χ4v) is 1.10. The Kier molecular flexibility index (Phi) is 2.97. The lowest BCUT2D eigenvalue weighted by atomic mass is 10.1. The van der Waals surface area contributed by atoms with E-state index in [9.17, 15) is 13.2 Å². The summed E-state index contributed by atoms with van der Waals surface area (Å²) in [7, 11) is 0. The fraction of sp³-hybridized carbons (Fsp3) is 0.714. The zero-order chi connectivity index (χ0) is 10.8. The highest BCUT2D eigenvalue weighted by Crippen LogP contribution is 2.44. The van der Waals surface area contributed by atoms with Crippen molar-refractivity contribution in [2.45, 2.75) is 19.0 Å². The van der Waals surface area contributed by atoms with Gasteiger partial charge in [0.15, 0.2) is 0 Å². The first-order valence-corrected chi connectivity index (χ1v) is 4.10. The summed E-state index contributed by atoms with van der Waals surface area (Å²) in [6.07, 6.45) is -2.34. The van der Waals surface area contributed by atoms with E-state index >= 15 is 0 Å². The standard InChI is InChI=1S/C7H11F3N4/c8-7(9,10)5(4-1-2-4)3-13-14-6(11)12/h3-5H,1-2H2,(H4,11,12,14)/b13-3+. The van der Waals surface area contributed by atoms with Gasteiger partial charge in [-0.3, -0.25) is 0 Å². The highest BCUT2D eigenvalue weighted by Gasteiger charge is 2.47. The smallest absolute Gasteiger partial charge is 0.369 e. The molecule has 0 aromatic rings. The van der Waals surface area contributed by atoms with Gasteiger partial charge in [0.25, 0.3) is 0 Å². The molecule has 0 aliphatic heterocycles. The van der Waals surface area contributed by atoms with E-state index < -0.39 is 12.1 Å². The second-order valence-corrected chi connectivity index (χ2v) is 3.19. The van der Waals surface area contributed by atoms with E-state index in [0.717, 1.165) is 6.21 Å². The molecule has 0 bridgehead atoms. The van der Waals surface area contributed by atoms with Crippen molar-refractivity contribution in [1.29, 1.82) is 0 Å². The number of nitrogens with two attached hydrogens (primary N) is 2. The van der Waals surface area contributed by atoms with E-state index in [1.165, 1.54) is 0 Å². The molecule has 1 unspecified atom stereocenters. The molecule has 0 heterocycles. The van der Waals surface area contributed by atoms with Crippen molar-refractivity contribution >= 4 is 12.2 Å². The molecule has 1 fully saturated rings. The van der Waals surface area contributed by atoms with Crippen LogP contribution in [-0.2, 0) is 0 Å². The van der Waals surface area contributed by atoms with Crippen molar-refractivity contribution in [3.05, 3.63) is 0 Å². The van der Waals surface area contributed by atoms with Crippen LogP contribution in [0.1, 0.15) is 12.8 Å². The second-order valence-electron chi connectivity index (χ2n) is 3.19. The van der Waals surface area contributed by atoms with Crippen molar-refractivity contribution in [2.24, 2.45) is 33.5 Å². The maximum absolute atomic E-state index is 12.3. The first kappa shape index (κ1) is 10.8. The lowest BCUT2D eigenvalue weighted by molar-refractivity contribution is -0.158. The van der Waals surface area contributed by atoms with Crippen molar-refractivity contribution in [3.63, 3.8) is 0 Å². The molecular weight excluding hydrogens is 197 g/mol. The van der Waals surface area contributed by atoms with Crippen LogP contribution >= 0.6 is 0 Å². The first-order chi connectivity index (χ1) is 6.41. The summed E-state index contributed by atoms with van der Waals surface area (Å²) in [6.45, 7) is 0. The predicted octanol–water partition coefficient (Wildman–Crippen LogP) is 0.834. The van der Waals surface area contributed by atoms with Gasteiger partial charge in [0.05, 0.1) is 5.92 Å². The highest BCUT2D eigenvalue weighted by molar-refractivity contribution is 5.76. The Morgan fingerprint density at radius 3 is 2.29 bits per heavy atom. The molecule has 1 rings (SSSR count). The van der Waals surface area contributed by atoms with Crippen LogP contribution in [0.15, 0.2) is 10.2 Å². The molecule has 14 heavy (non-hydrogen) atoms. The van der Waals surface area contributed by atoms with Gasteiger partial charge < -0.3 is 11.5 Å². The average molecular weight is 208 g/mol. The summed E-state index contributed by atoms with van der Waals surface area (Å²) in [5.74, 6) is -2.23. The Hall–Kier alpha value is -1.27. The van der Waals surface area contributed by atoms with Crippen molar-refractivity contribution in [3.8, 4) is 0 Å². The van der Waals surface area contributed by atoms with Crippen molar-refractivity contribution < 1.29 is 13.2 Å². The Morgan fingerprint density at radius 2 is 1.93 bits per heavy atom. The SMILES string of the molecule is NC(N)=N/N=C/C(C1CC1)C(F)(F)F. The van der Waals surface area contributed by atoms with E-state index in [1.54, 1.807) is 0 Å². The number of hydrogen-bond donors (Lipinski definition) is 2. The Balaban J connectivity index is 2.61. The van der Waals surface area contributed by atoms with Gasteiger partial charge in [-0.2, -0.15) is 18.3 Å². The van der Waals surface area contributed by atoms with E-state index in [0.29, 0.717) is 12.8 Å². The molecule has 1 aliphatic rings. The van der Waals surface area contributed by atoms with E-state index in [2.05, 4.69) is 10.2 Å². The van der Waals surface area contributed by atoms with Gasteiger partial charge in [0.1, 0.15) is 0 Å². The molecule has 0 amide bonds. The molecule has 4 N–H and O–H groups in total. The summed E-state index contributed by atoms with van der Waals surface area (Å²) < 4.78 is 37.0. The average Bonchev–Trinajstić information content (AvgIpc) is 2.77. The van der Waals surface area contributed by atoms with Gasteiger partial charge in [-0.25, -0.2) is 0 Å². The Morgan fingerprint density at radius 1 is 1.36 bits per heavy atom. The van der Waals surface area contributed by atoms with Gasteiger partial charge >= 0.3 is 6.18 Å². The predicted molar refractivity (Wildman–Crippen MR) is 46.6 cm³/mol. The monoisotopic (exact) mass is 208 g/mol. The summed E-state index contributed by atoms with van der Waals surface area (Å²) in [5.41, 5.74) is 9.82. The summed E-state index contributed by atoms with van der Waals surface area (Å²) in [4.78, 5) is 0. The molecule has 0 aromatic carbocycles. The third-order valence-electron chi connectivity index (χ3n) is 1.91. The fourth-order valence-electron chi connectivity index (χ4n) is 1.10. The number of alkyl halides is 3. The third-order valence-corrected chi connectivity index (χ3v) is 1.91. The van der Waals surface area contributed by atoms with Crippen molar-refractivity contribution in [2.75, 3.05) is 0 Å². The topological polar surface area (TPSA) is 76.8 Å². The summed E-state index contributed by atoms with van der Waals surface area (Å²) >= 11 is 0. The minimum absolute atomic E-state index is 0.349. The molecule has 1 atom stereocenters. The summed E-state index contributed by atoms with van der Waals surface area (Å²) in [5, 5.41) is 6.32. The van der Waals surface area contributed by atoms with Crippen molar-refractivity contribution in [1.82, 2.24) is 0 Å². The maximum Gasteiger partial charge on any atom is 0.396 e. The molecule has 80 valence electrons. The molecule has 1 aliphatic carbocycles. The van der Waals surface area contributed by atoms with Crippen LogP contribution in [-0.4, -0.2) is 18.4 Å². The zero-order valence-electron chi connectivity index (χ0n) is 7.33. The minimum atomic E-state index is -4.26. The minimum Gasteiger partial charge on any atom is -0.369 e. The number of nitrogens with zero attached hydrogens (tertiary/aromatic N) is 2. The van der Waals surface area contributed by atoms with Gasteiger partial charge in [-0.05, 0) is 18.8 Å². The van der Waals surface area contributed by atoms with Crippen LogP contribution in [0.4, 0.5) is 13.2 Å². The van der Waals surface area contributed by atoms with Gasteiger partial charge in [0, 0.05) is 6.21 Å². The molecule has 7 heteroatoms. The molecule has 4 nitrogen and oxygen atoms in total. The van der Waals surface area contributed by atoms with Gasteiger partial charge in [-0.15, -0.1) is 5.10 Å². The molecular formula is C7H11F3N4. The van der Waals surface area contributed by atoms with E-state index in [4.69, 9.17) is 11.5 Å². The van der Waals surface area contributed by atoms with E-state index in [1.807, 2.05) is 0 Å². The van der Waals surface area contributed by atoms with E-state index in [-0.39, 0.29) is 11.9 Å². The van der Waals surface area contributed by atoms with Crippen LogP contribution in [0, 0.1) is 11.8 Å². The molecule has 0 saturated heterocycles. The number of rotatable bonds is 3. The van der Waals surface area contributed by atoms with Gasteiger partial charge in [-0.1, -0.05) is 0 Å². The molecule has 0 aromatic heterocycles. The normalized spacial score (nSPS) is 19.6. The molecule has 0 radical (unpaired) electrons. The van der Waals surface area contributed by atoms with Crippen LogP contribution < -0.4 is 11.5 Å². The largest absolute Gasteiger partial charge is 0.396 e. The number of halogens is 3. The van der Waals surface area contributed by atoms with Crippen LogP contribution in [0.5, 0.6) is 0 Å². The van der Waals surface area contributed by atoms with Crippen LogP contribution in [0.3, 0.4) is 0 Å². The Labute approximate surface area is 78.9 Å². The van der Waals surface area contributed by atoms with Crippen LogP contribution in [0.2, 0.25) is 0 Å². The number of guanidine groups is 1. The molecule has 1 saturated carbocycles. The zero-order valence-corrected chi connectivity index (χ0v) is 7.33.